The lowest BCUT2D eigenvalue weighted by molar-refractivity contribution is -0.144. The third-order valence-electron chi connectivity index (χ3n) is 9.59. The van der Waals surface area contributed by atoms with Crippen LogP contribution < -0.4 is 5.32 Å². The van der Waals surface area contributed by atoms with Crippen molar-refractivity contribution in [2.24, 2.45) is 17.3 Å². The Kier molecular flexibility index (Phi) is 8.96. The molecule has 3 nitrogen and oxygen atoms in total. The molecule has 36 heavy (non-hydrogen) atoms. The average Bonchev–Trinajstić information content (AvgIpc) is 2.85. The molecule has 2 aliphatic carbocycles. The molecular weight excluding hydrogens is 440 g/mol. The molecule has 0 saturated heterocycles. The number of hydrogen-bond acceptors (Lipinski definition) is 3. The standard InChI is InChI=1S/C33H50N2O/c1-5-27(2)23-33(30-17-10-7-11-18-30)21-19-31(3,20-22-33)26-35(25-29-13-8-6-9-14-29)32(4,36)34-24-28-15-12-16-28/h6-11,13-14,17-18,27-28,34,36H,5,12,15-16,19-26H2,1-4H3. The van der Waals surface area contributed by atoms with E-state index in [-0.39, 0.29) is 10.8 Å². The monoisotopic (exact) mass is 490 g/mol. The Hall–Kier alpha value is -1.68. The topological polar surface area (TPSA) is 35.5 Å². The Balaban J connectivity index is 1.50. The second kappa shape index (κ2) is 11.8. The summed E-state index contributed by atoms with van der Waals surface area (Å²) in [6, 6.07) is 22.0. The van der Waals surface area contributed by atoms with E-state index in [0.717, 1.165) is 25.6 Å². The molecule has 0 aromatic heterocycles. The van der Waals surface area contributed by atoms with Gasteiger partial charge in [-0.2, -0.15) is 0 Å². The SMILES string of the molecule is CCC(C)CC1(c2ccccc2)CCC(C)(CN(Cc2ccccc2)C(C)(O)NCC2CCC2)CC1. The van der Waals surface area contributed by atoms with Crippen molar-refractivity contribution in [3.05, 3.63) is 71.8 Å². The summed E-state index contributed by atoms with van der Waals surface area (Å²) in [6.45, 7) is 11.8. The van der Waals surface area contributed by atoms with Crippen molar-refractivity contribution in [2.75, 3.05) is 13.1 Å². The molecule has 0 heterocycles. The predicted octanol–water partition coefficient (Wildman–Crippen LogP) is 7.50. The molecule has 0 radical (unpaired) electrons. The highest BCUT2D eigenvalue weighted by molar-refractivity contribution is 5.27. The van der Waals surface area contributed by atoms with Gasteiger partial charge in [0.1, 0.15) is 0 Å². The minimum absolute atomic E-state index is 0.185. The van der Waals surface area contributed by atoms with E-state index in [4.69, 9.17) is 0 Å². The van der Waals surface area contributed by atoms with Crippen molar-refractivity contribution >= 4 is 0 Å². The maximum absolute atomic E-state index is 11.7. The van der Waals surface area contributed by atoms with E-state index in [9.17, 15) is 5.11 Å². The second-order valence-corrected chi connectivity index (χ2v) is 12.7. The first-order chi connectivity index (χ1) is 17.2. The highest BCUT2D eigenvalue weighted by Crippen LogP contribution is 2.51. The highest BCUT2D eigenvalue weighted by Gasteiger charge is 2.44. The molecule has 2 N–H and O–H groups in total. The summed E-state index contributed by atoms with van der Waals surface area (Å²) in [7, 11) is 0. The van der Waals surface area contributed by atoms with E-state index in [2.05, 4.69) is 91.7 Å². The number of hydrogen-bond donors (Lipinski definition) is 2. The van der Waals surface area contributed by atoms with E-state index in [1.165, 1.54) is 68.9 Å². The number of aliphatic hydroxyl groups is 1. The number of rotatable bonds is 12. The van der Waals surface area contributed by atoms with Gasteiger partial charge in [-0.15, -0.1) is 0 Å². The fourth-order valence-corrected chi connectivity index (χ4v) is 6.48. The summed E-state index contributed by atoms with van der Waals surface area (Å²) in [6.07, 6.45) is 11.3. The van der Waals surface area contributed by atoms with Crippen molar-refractivity contribution in [1.82, 2.24) is 10.2 Å². The van der Waals surface area contributed by atoms with Crippen LogP contribution in [-0.2, 0) is 12.0 Å². The Bertz CT molecular complexity index is 913. The zero-order valence-corrected chi connectivity index (χ0v) is 23.3. The Morgan fingerprint density at radius 2 is 1.61 bits per heavy atom. The van der Waals surface area contributed by atoms with Crippen molar-refractivity contribution in [1.29, 1.82) is 0 Å². The lowest BCUT2D eigenvalue weighted by Gasteiger charge is -2.50. The van der Waals surface area contributed by atoms with Gasteiger partial charge in [0.05, 0.1) is 0 Å². The van der Waals surface area contributed by atoms with Crippen LogP contribution in [0.15, 0.2) is 60.7 Å². The van der Waals surface area contributed by atoms with Gasteiger partial charge in [0.25, 0.3) is 0 Å². The lowest BCUT2D eigenvalue weighted by Crippen LogP contribution is -2.60. The smallest absolute Gasteiger partial charge is 0.171 e. The molecule has 0 aliphatic heterocycles. The fourth-order valence-electron chi connectivity index (χ4n) is 6.48. The Labute approximate surface area is 220 Å². The molecule has 0 bridgehead atoms. The molecule has 2 aliphatic rings. The molecule has 198 valence electrons. The van der Waals surface area contributed by atoms with Gasteiger partial charge in [-0.25, -0.2) is 0 Å². The van der Waals surface area contributed by atoms with Crippen LogP contribution in [-0.4, -0.2) is 28.9 Å². The third-order valence-corrected chi connectivity index (χ3v) is 9.59. The van der Waals surface area contributed by atoms with Gasteiger partial charge in [0.15, 0.2) is 5.85 Å². The van der Waals surface area contributed by atoms with Crippen LogP contribution in [0.3, 0.4) is 0 Å². The molecule has 2 aromatic rings. The molecule has 2 saturated carbocycles. The lowest BCUT2D eigenvalue weighted by atomic mass is 9.59. The fraction of sp³-hybridized carbons (Fsp3) is 0.636. The van der Waals surface area contributed by atoms with Crippen LogP contribution in [0.4, 0.5) is 0 Å². The molecule has 4 rings (SSSR count). The van der Waals surface area contributed by atoms with Gasteiger partial charge in [0.2, 0.25) is 0 Å². The van der Waals surface area contributed by atoms with Gasteiger partial charge < -0.3 is 5.11 Å². The van der Waals surface area contributed by atoms with Gasteiger partial charge >= 0.3 is 0 Å². The number of nitrogens with zero attached hydrogens (tertiary/aromatic N) is 1. The summed E-state index contributed by atoms with van der Waals surface area (Å²) in [4.78, 5) is 2.31. The van der Waals surface area contributed by atoms with Gasteiger partial charge in [0, 0.05) is 19.6 Å². The van der Waals surface area contributed by atoms with E-state index in [0.29, 0.717) is 5.92 Å². The predicted molar refractivity (Wildman–Crippen MR) is 152 cm³/mol. The molecular formula is C33H50N2O. The van der Waals surface area contributed by atoms with Crippen LogP contribution in [0.25, 0.3) is 0 Å². The summed E-state index contributed by atoms with van der Waals surface area (Å²) >= 11 is 0. The summed E-state index contributed by atoms with van der Waals surface area (Å²) in [5.74, 6) is 0.437. The minimum atomic E-state index is -1.01. The van der Waals surface area contributed by atoms with Crippen LogP contribution in [0.5, 0.6) is 0 Å². The van der Waals surface area contributed by atoms with E-state index < -0.39 is 5.85 Å². The average molecular weight is 491 g/mol. The molecule has 2 atom stereocenters. The second-order valence-electron chi connectivity index (χ2n) is 12.7. The van der Waals surface area contributed by atoms with Gasteiger partial charge in [-0.05, 0) is 85.7 Å². The molecule has 0 amide bonds. The zero-order chi connectivity index (χ0) is 25.7. The first-order valence-electron chi connectivity index (χ1n) is 14.6. The summed E-state index contributed by atoms with van der Waals surface area (Å²) < 4.78 is 0. The maximum Gasteiger partial charge on any atom is 0.171 e. The number of benzene rings is 2. The summed E-state index contributed by atoms with van der Waals surface area (Å²) in [5, 5.41) is 15.2. The van der Waals surface area contributed by atoms with E-state index in [1.807, 2.05) is 6.92 Å². The molecule has 2 aromatic carbocycles. The Morgan fingerprint density at radius 3 is 2.17 bits per heavy atom. The van der Waals surface area contributed by atoms with Crippen LogP contribution >= 0.6 is 0 Å². The summed E-state index contributed by atoms with van der Waals surface area (Å²) in [5.41, 5.74) is 3.26. The van der Waals surface area contributed by atoms with Crippen molar-refractivity contribution < 1.29 is 5.11 Å². The van der Waals surface area contributed by atoms with E-state index >= 15 is 0 Å². The van der Waals surface area contributed by atoms with E-state index in [1.54, 1.807) is 0 Å². The molecule has 2 fully saturated rings. The van der Waals surface area contributed by atoms with Crippen LogP contribution in [0, 0.1) is 17.3 Å². The minimum Gasteiger partial charge on any atom is -0.363 e. The number of nitrogens with one attached hydrogen (secondary N) is 1. The van der Waals surface area contributed by atoms with Gasteiger partial charge in [-0.1, -0.05) is 94.3 Å². The molecule has 2 unspecified atom stereocenters. The van der Waals surface area contributed by atoms with Crippen molar-refractivity contribution in [3.8, 4) is 0 Å². The Morgan fingerprint density at radius 1 is 1.00 bits per heavy atom. The zero-order valence-electron chi connectivity index (χ0n) is 23.3. The first kappa shape index (κ1) is 27.4. The first-order valence-corrected chi connectivity index (χ1v) is 14.6. The van der Waals surface area contributed by atoms with Crippen molar-refractivity contribution in [3.63, 3.8) is 0 Å². The highest BCUT2D eigenvalue weighted by atomic mass is 16.3. The van der Waals surface area contributed by atoms with Crippen molar-refractivity contribution in [2.45, 2.75) is 103 Å². The third kappa shape index (κ3) is 6.79. The normalized spacial score (nSPS) is 27.4. The van der Waals surface area contributed by atoms with Crippen LogP contribution in [0.2, 0.25) is 0 Å². The largest absolute Gasteiger partial charge is 0.363 e. The van der Waals surface area contributed by atoms with Crippen LogP contribution in [0.1, 0.15) is 96.6 Å². The van der Waals surface area contributed by atoms with Gasteiger partial charge in [-0.3, -0.25) is 10.2 Å². The molecule has 0 spiro atoms. The molecule has 3 heteroatoms. The quantitative estimate of drug-likeness (QED) is 0.302. The maximum atomic E-state index is 11.7.